The van der Waals surface area contributed by atoms with Gasteiger partial charge in [-0.2, -0.15) is 0 Å². The van der Waals surface area contributed by atoms with Gasteiger partial charge < -0.3 is 15.5 Å². The molecule has 2 spiro atoms. The fourth-order valence-corrected chi connectivity index (χ4v) is 11.7. The number of aromatic nitrogens is 2. The third-order valence-corrected chi connectivity index (χ3v) is 14.9. The molecule has 1 unspecified atom stereocenters. The van der Waals surface area contributed by atoms with Gasteiger partial charge in [0.2, 0.25) is 29.5 Å². The van der Waals surface area contributed by atoms with Crippen molar-refractivity contribution in [3.05, 3.63) is 97.6 Å². The monoisotopic (exact) mass is 879 g/mol. The molecular formula is C46H44Cl2FN7O6. The lowest BCUT2D eigenvalue weighted by atomic mass is 9.55. The number of imidazole rings is 1. The molecule has 4 aliphatic heterocycles. The molecule has 4 atom stereocenters. The molecule has 13 nitrogen and oxygen atoms in total. The number of halogens is 3. The summed E-state index contributed by atoms with van der Waals surface area (Å²) in [5.74, 6) is 3.04. The lowest BCUT2D eigenvalue weighted by Gasteiger charge is -2.47. The molecular weight excluding hydrogens is 836 g/mol. The van der Waals surface area contributed by atoms with Crippen molar-refractivity contribution >= 4 is 69.5 Å². The maximum atomic E-state index is 16.2. The normalized spacial score (nSPS) is 27.6. The summed E-state index contributed by atoms with van der Waals surface area (Å²) in [5, 5.41) is 12.5. The van der Waals surface area contributed by atoms with Crippen LogP contribution in [0.1, 0.15) is 86.4 Å². The van der Waals surface area contributed by atoms with Crippen LogP contribution in [0.5, 0.6) is 0 Å². The molecule has 2 saturated carbocycles. The van der Waals surface area contributed by atoms with Crippen LogP contribution in [0.25, 0.3) is 11.0 Å². The SMILES string of the molecule is Cn1c(=O)n(C2CCC(=O)NC2=O)c2ccc(C#CC3CN(C(=O)[C@H]4C[C@H](NC(=O)[C@@H]5NC6(CCCCC6)[C@@]6(C(=O)Nc7cc(Cl)ccc76)[C@H]5c5cccc(Cl)c5F)C4)C3)cc21. The Labute approximate surface area is 366 Å². The fourth-order valence-electron chi connectivity index (χ4n) is 11.3. The lowest BCUT2D eigenvalue weighted by Crippen LogP contribution is -2.60. The topological polar surface area (TPSA) is 164 Å². The van der Waals surface area contributed by atoms with Crippen LogP contribution < -0.4 is 27.0 Å². The minimum atomic E-state index is -1.33. The predicted octanol–water partition coefficient (Wildman–Crippen LogP) is 4.82. The van der Waals surface area contributed by atoms with E-state index in [4.69, 9.17) is 23.2 Å². The largest absolute Gasteiger partial charge is 0.352 e. The second kappa shape index (κ2) is 15.1. The van der Waals surface area contributed by atoms with Gasteiger partial charge in [-0.3, -0.25) is 43.7 Å². The number of nitrogens with zero attached hydrogens (tertiary/aromatic N) is 3. The Balaban J connectivity index is 0.814. The number of benzene rings is 3. The van der Waals surface area contributed by atoms with E-state index in [-0.39, 0.29) is 70.6 Å². The molecule has 10 rings (SSSR count). The number of anilines is 1. The lowest BCUT2D eigenvalue weighted by molar-refractivity contribution is -0.145. The van der Waals surface area contributed by atoms with Gasteiger partial charge in [0.1, 0.15) is 17.3 Å². The van der Waals surface area contributed by atoms with Crippen molar-refractivity contribution in [1.29, 1.82) is 0 Å². The zero-order chi connectivity index (χ0) is 43.2. The second-order valence-electron chi connectivity index (χ2n) is 17.8. The highest BCUT2D eigenvalue weighted by molar-refractivity contribution is 6.31. The number of rotatable bonds is 5. The summed E-state index contributed by atoms with van der Waals surface area (Å²) >= 11 is 12.8. The van der Waals surface area contributed by atoms with Gasteiger partial charge in [0, 0.05) is 66.2 Å². The van der Waals surface area contributed by atoms with Crippen LogP contribution in [0, 0.1) is 29.5 Å². The Morgan fingerprint density at radius 3 is 2.47 bits per heavy atom. The number of aryl methyl sites for hydroxylation is 1. The maximum absolute atomic E-state index is 16.2. The molecule has 2 aliphatic carbocycles. The van der Waals surface area contributed by atoms with E-state index in [9.17, 15) is 28.8 Å². The van der Waals surface area contributed by atoms with Crippen LogP contribution in [0.2, 0.25) is 10.0 Å². The van der Waals surface area contributed by atoms with Crippen LogP contribution >= 0.6 is 23.2 Å². The molecule has 3 aromatic carbocycles. The standard InChI is InChI=1S/C46H44Cl2FN7O6/c1-54-35-18-24(10-13-33(35)56(44(54)62)34-14-15-36(57)52-40(34)58)8-9-25-22-55(23-25)42(60)26-19-28(20-26)50-41(59)39-37(29-6-5-7-31(48)38(29)49)46(45(53-39)16-3-2-4-17-45)30-12-11-27(47)21-32(30)51-43(46)61/h5-7,10-13,18,21,25-26,28,34,37,39,53H,2-4,14-17,19-20,22-23H2,1H3,(H,50,59)(H,51,61)(H,52,57,58)/t26-,28-,34?,37-,39+,46+/m0/s1. The van der Waals surface area contributed by atoms with E-state index in [1.807, 2.05) is 6.07 Å². The van der Waals surface area contributed by atoms with Crippen LogP contribution in [-0.4, -0.2) is 74.3 Å². The van der Waals surface area contributed by atoms with Crippen molar-refractivity contribution in [3.63, 3.8) is 0 Å². The number of likely N-dealkylation sites (tertiary alicyclic amines) is 1. The van der Waals surface area contributed by atoms with Crippen LogP contribution in [-0.2, 0) is 36.4 Å². The Morgan fingerprint density at radius 1 is 0.935 bits per heavy atom. The van der Waals surface area contributed by atoms with Crippen LogP contribution in [0.15, 0.2) is 59.4 Å². The smallest absolute Gasteiger partial charge is 0.329 e. The van der Waals surface area contributed by atoms with Gasteiger partial charge in [0.25, 0.3) is 0 Å². The number of fused-ring (bicyclic) bond motifs is 4. The molecule has 4 aromatic rings. The first-order valence-corrected chi connectivity index (χ1v) is 22.0. The van der Waals surface area contributed by atoms with E-state index in [1.54, 1.807) is 54.4 Å². The predicted molar refractivity (Wildman–Crippen MR) is 229 cm³/mol. The number of hydrogen-bond acceptors (Lipinski definition) is 7. The van der Waals surface area contributed by atoms with Crippen molar-refractivity contribution in [2.45, 2.75) is 92.8 Å². The molecule has 320 valence electrons. The summed E-state index contributed by atoms with van der Waals surface area (Å²) < 4.78 is 19.1. The van der Waals surface area contributed by atoms with Crippen molar-refractivity contribution < 1.29 is 28.4 Å². The highest BCUT2D eigenvalue weighted by Gasteiger charge is 2.72. The quantitative estimate of drug-likeness (QED) is 0.165. The molecule has 0 radical (unpaired) electrons. The van der Waals surface area contributed by atoms with Gasteiger partial charge in [-0.15, -0.1) is 0 Å². The van der Waals surface area contributed by atoms with Gasteiger partial charge in [-0.25, -0.2) is 9.18 Å². The molecule has 6 aliphatic rings. The highest BCUT2D eigenvalue weighted by atomic mass is 35.5. The van der Waals surface area contributed by atoms with Gasteiger partial charge in [-0.1, -0.05) is 72.5 Å². The van der Waals surface area contributed by atoms with E-state index < -0.39 is 40.7 Å². The number of amides is 5. The van der Waals surface area contributed by atoms with E-state index in [0.29, 0.717) is 71.6 Å². The number of carbonyl (C=O) groups is 5. The number of piperidine rings is 1. The first-order valence-electron chi connectivity index (χ1n) is 21.3. The summed E-state index contributed by atoms with van der Waals surface area (Å²) in [4.78, 5) is 81.8. The molecule has 1 aromatic heterocycles. The van der Waals surface area contributed by atoms with Crippen LogP contribution in [0.3, 0.4) is 0 Å². The summed E-state index contributed by atoms with van der Waals surface area (Å²) in [5.41, 5.74) is 0.787. The van der Waals surface area contributed by atoms with Crippen molar-refractivity contribution in [2.24, 2.45) is 18.9 Å². The van der Waals surface area contributed by atoms with E-state index in [0.717, 1.165) is 19.3 Å². The Kier molecular flexibility index (Phi) is 9.88. The number of nitrogens with one attached hydrogen (secondary N) is 4. The molecule has 16 heteroatoms. The average Bonchev–Trinajstić information content (AvgIpc) is 3.77. The number of carbonyl (C=O) groups excluding carboxylic acids is 5. The molecule has 5 fully saturated rings. The Bertz CT molecular complexity index is 2740. The minimum absolute atomic E-state index is 0.00984. The molecule has 3 saturated heterocycles. The van der Waals surface area contributed by atoms with Gasteiger partial charge in [0.05, 0.1) is 28.0 Å². The van der Waals surface area contributed by atoms with Crippen molar-refractivity contribution in [2.75, 3.05) is 18.4 Å². The summed E-state index contributed by atoms with van der Waals surface area (Å²) in [7, 11) is 1.63. The molecule has 62 heavy (non-hydrogen) atoms. The fraction of sp³-hybridized carbons (Fsp3) is 0.435. The first-order chi connectivity index (χ1) is 29.8. The summed E-state index contributed by atoms with van der Waals surface area (Å²) in [6, 6.07) is 13.3. The number of hydrogen-bond donors (Lipinski definition) is 4. The van der Waals surface area contributed by atoms with E-state index in [1.165, 1.54) is 15.2 Å². The highest BCUT2D eigenvalue weighted by Crippen LogP contribution is 2.63. The molecule has 5 heterocycles. The maximum Gasteiger partial charge on any atom is 0.329 e. The van der Waals surface area contributed by atoms with E-state index in [2.05, 4.69) is 33.1 Å². The van der Waals surface area contributed by atoms with Crippen molar-refractivity contribution in [1.82, 2.24) is 30.0 Å². The summed E-state index contributed by atoms with van der Waals surface area (Å²) in [6.45, 7) is 0.952. The zero-order valence-corrected chi connectivity index (χ0v) is 35.4. The zero-order valence-electron chi connectivity index (χ0n) is 33.9. The first kappa shape index (κ1) is 40.6. The van der Waals surface area contributed by atoms with Gasteiger partial charge >= 0.3 is 5.69 Å². The van der Waals surface area contributed by atoms with Gasteiger partial charge in [0.15, 0.2) is 0 Å². The molecule has 5 amide bonds. The van der Waals surface area contributed by atoms with Crippen LogP contribution in [0.4, 0.5) is 10.1 Å². The third-order valence-electron chi connectivity index (χ3n) is 14.4. The second-order valence-corrected chi connectivity index (χ2v) is 18.6. The number of imide groups is 1. The molecule has 4 N–H and O–H groups in total. The molecule has 0 bridgehead atoms. The Morgan fingerprint density at radius 2 is 1.71 bits per heavy atom. The minimum Gasteiger partial charge on any atom is -0.352 e. The Hall–Kier alpha value is -5.49. The van der Waals surface area contributed by atoms with Crippen molar-refractivity contribution in [3.8, 4) is 11.8 Å². The summed E-state index contributed by atoms with van der Waals surface area (Å²) in [6.07, 6.45) is 5.19. The van der Waals surface area contributed by atoms with Gasteiger partial charge in [-0.05, 0) is 79.6 Å². The average molecular weight is 881 g/mol. The third kappa shape index (κ3) is 6.21. The van der Waals surface area contributed by atoms with E-state index >= 15 is 4.39 Å².